The van der Waals surface area contributed by atoms with Gasteiger partial charge in [0.25, 0.3) is 0 Å². The molecule has 0 bridgehead atoms. The monoisotopic (exact) mass is 243 g/mol. The molecule has 0 amide bonds. The number of fused-ring (bicyclic) bond motifs is 1. The molecule has 92 valence electrons. The zero-order valence-corrected chi connectivity index (χ0v) is 9.97. The second-order valence-corrected chi connectivity index (χ2v) is 4.81. The fourth-order valence-corrected chi connectivity index (χ4v) is 2.53. The lowest BCUT2D eigenvalue weighted by molar-refractivity contribution is -0.110. The molecule has 0 aliphatic carbocycles. The van der Waals surface area contributed by atoms with Crippen molar-refractivity contribution >= 4 is 22.7 Å². The summed E-state index contributed by atoms with van der Waals surface area (Å²) >= 11 is 0. The molecule has 0 radical (unpaired) electrons. The highest BCUT2D eigenvalue weighted by atomic mass is 19.1. The molecule has 1 heterocycles. The smallest absolute Gasteiger partial charge is 0.124 e. The number of carbonyl (C=O) groups excluding carboxylic acids is 1. The van der Waals surface area contributed by atoms with Crippen LogP contribution in [-0.2, 0) is 4.79 Å². The average Bonchev–Trinajstić information content (AvgIpc) is 2.87. The normalized spacial score (nSPS) is 19.4. The van der Waals surface area contributed by atoms with Crippen molar-refractivity contribution in [3.8, 4) is 0 Å². The van der Waals surface area contributed by atoms with Crippen LogP contribution in [0.15, 0.2) is 36.4 Å². The van der Waals surface area contributed by atoms with Crippen molar-refractivity contribution in [2.24, 2.45) is 5.92 Å². The van der Waals surface area contributed by atoms with Gasteiger partial charge in [-0.3, -0.25) is 0 Å². The van der Waals surface area contributed by atoms with E-state index in [0.29, 0.717) is 0 Å². The Morgan fingerprint density at radius 2 is 1.94 bits per heavy atom. The third-order valence-corrected chi connectivity index (χ3v) is 3.57. The fraction of sp³-hybridized carbons (Fsp3) is 0.267. The van der Waals surface area contributed by atoms with Crippen LogP contribution in [0.25, 0.3) is 10.8 Å². The van der Waals surface area contributed by atoms with Crippen LogP contribution in [0.5, 0.6) is 0 Å². The molecule has 0 spiro atoms. The van der Waals surface area contributed by atoms with Gasteiger partial charge in [0.2, 0.25) is 0 Å². The lowest BCUT2D eigenvalue weighted by Crippen LogP contribution is -2.19. The maximum Gasteiger partial charge on any atom is 0.124 e. The highest BCUT2D eigenvalue weighted by Gasteiger charge is 2.21. The first-order chi connectivity index (χ1) is 8.76. The van der Waals surface area contributed by atoms with Crippen LogP contribution in [-0.4, -0.2) is 19.4 Å². The topological polar surface area (TPSA) is 20.3 Å². The Morgan fingerprint density at radius 3 is 2.72 bits per heavy atom. The van der Waals surface area contributed by atoms with Crippen molar-refractivity contribution in [1.82, 2.24) is 0 Å². The molecule has 1 unspecified atom stereocenters. The van der Waals surface area contributed by atoms with Gasteiger partial charge in [0, 0.05) is 24.7 Å². The molecule has 3 heteroatoms. The molecule has 0 N–H and O–H groups in total. The zero-order valence-electron chi connectivity index (χ0n) is 9.97. The molecule has 2 aromatic rings. The summed E-state index contributed by atoms with van der Waals surface area (Å²) in [5, 5.41) is 1.94. The molecule has 0 saturated carbocycles. The van der Waals surface area contributed by atoms with Gasteiger partial charge < -0.3 is 9.69 Å². The lowest BCUT2D eigenvalue weighted by atomic mass is 10.1. The number of halogens is 1. The largest absolute Gasteiger partial charge is 0.371 e. The summed E-state index contributed by atoms with van der Waals surface area (Å²) in [5.74, 6) is -0.0636. The second-order valence-electron chi connectivity index (χ2n) is 4.81. The van der Waals surface area contributed by atoms with Gasteiger partial charge >= 0.3 is 0 Å². The maximum atomic E-state index is 13.1. The van der Waals surface area contributed by atoms with E-state index in [0.717, 1.165) is 42.3 Å². The summed E-state index contributed by atoms with van der Waals surface area (Å²) in [6.07, 6.45) is 1.96. The Kier molecular flexibility index (Phi) is 2.74. The minimum absolute atomic E-state index is 0.147. The lowest BCUT2D eigenvalue weighted by Gasteiger charge is -2.18. The molecular weight excluding hydrogens is 229 g/mol. The fourth-order valence-electron chi connectivity index (χ4n) is 2.53. The van der Waals surface area contributed by atoms with E-state index in [9.17, 15) is 9.18 Å². The van der Waals surface area contributed by atoms with E-state index in [2.05, 4.69) is 11.0 Å². The molecule has 1 atom stereocenters. The van der Waals surface area contributed by atoms with E-state index in [1.54, 1.807) is 6.07 Å². The molecule has 1 aliphatic rings. The summed E-state index contributed by atoms with van der Waals surface area (Å²) in [4.78, 5) is 13.0. The first-order valence-corrected chi connectivity index (χ1v) is 6.16. The summed E-state index contributed by atoms with van der Waals surface area (Å²) in [7, 11) is 0. The van der Waals surface area contributed by atoms with Gasteiger partial charge in [-0.15, -0.1) is 0 Å². The van der Waals surface area contributed by atoms with Crippen LogP contribution < -0.4 is 4.90 Å². The number of benzene rings is 2. The van der Waals surface area contributed by atoms with E-state index in [1.165, 1.54) is 12.1 Å². The minimum atomic E-state index is -0.211. The van der Waals surface area contributed by atoms with Gasteiger partial charge in [-0.2, -0.15) is 0 Å². The number of anilines is 1. The predicted molar refractivity (Wildman–Crippen MR) is 70.3 cm³/mol. The third kappa shape index (κ3) is 1.96. The SMILES string of the molecule is O=CC1CCN(c2ccc3cc(F)ccc3c2)C1. The van der Waals surface area contributed by atoms with E-state index < -0.39 is 0 Å². The molecule has 1 aliphatic heterocycles. The van der Waals surface area contributed by atoms with Crippen molar-refractivity contribution < 1.29 is 9.18 Å². The quantitative estimate of drug-likeness (QED) is 0.756. The predicted octanol–water partition coefficient (Wildman–Crippen LogP) is 3.00. The van der Waals surface area contributed by atoms with E-state index in [-0.39, 0.29) is 11.7 Å². The Labute approximate surface area is 105 Å². The zero-order chi connectivity index (χ0) is 12.5. The van der Waals surface area contributed by atoms with Crippen LogP contribution in [0, 0.1) is 11.7 Å². The van der Waals surface area contributed by atoms with Crippen LogP contribution >= 0.6 is 0 Å². The first kappa shape index (κ1) is 11.2. The molecule has 1 saturated heterocycles. The minimum Gasteiger partial charge on any atom is -0.371 e. The second kappa shape index (κ2) is 4.41. The highest BCUT2D eigenvalue weighted by Crippen LogP contribution is 2.26. The van der Waals surface area contributed by atoms with Gasteiger partial charge in [0.1, 0.15) is 12.1 Å². The van der Waals surface area contributed by atoms with Gasteiger partial charge in [-0.1, -0.05) is 12.1 Å². The van der Waals surface area contributed by atoms with Gasteiger partial charge in [0.15, 0.2) is 0 Å². The van der Waals surface area contributed by atoms with E-state index in [1.807, 2.05) is 12.1 Å². The molecule has 0 aromatic heterocycles. The third-order valence-electron chi connectivity index (χ3n) is 3.57. The molecule has 1 fully saturated rings. The van der Waals surface area contributed by atoms with Gasteiger partial charge in [-0.05, 0) is 41.5 Å². The number of hydrogen-bond acceptors (Lipinski definition) is 2. The standard InChI is InChI=1S/C15H14FNO/c16-14-3-1-13-8-15(4-2-12(13)7-14)17-6-5-11(9-17)10-18/h1-4,7-8,10-11H,5-6,9H2. The number of aldehydes is 1. The first-order valence-electron chi connectivity index (χ1n) is 6.16. The summed E-state index contributed by atoms with van der Waals surface area (Å²) < 4.78 is 13.1. The Hall–Kier alpha value is -1.90. The van der Waals surface area contributed by atoms with Crippen LogP contribution in [0.2, 0.25) is 0 Å². The number of rotatable bonds is 2. The van der Waals surface area contributed by atoms with Crippen molar-refractivity contribution in [3.63, 3.8) is 0 Å². The van der Waals surface area contributed by atoms with E-state index >= 15 is 0 Å². The Morgan fingerprint density at radius 1 is 1.17 bits per heavy atom. The maximum absolute atomic E-state index is 13.1. The number of nitrogens with zero attached hydrogens (tertiary/aromatic N) is 1. The Bertz CT molecular complexity index is 596. The van der Waals surface area contributed by atoms with Crippen LogP contribution in [0.4, 0.5) is 10.1 Å². The Balaban J connectivity index is 1.94. The summed E-state index contributed by atoms with van der Waals surface area (Å²) in [5.41, 5.74) is 1.11. The highest BCUT2D eigenvalue weighted by molar-refractivity contribution is 5.86. The van der Waals surface area contributed by atoms with Crippen molar-refractivity contribution in [2.45, 2.75) is 6.42 Å². The van der Waals surface area contributed by atoms with Gasteiger partial charge in [-0.25, -0.2) is 4.39 Å². The molecule has 2 nitrogen and oxygen atoms in total. The van der Waals surface area contributed by atoms with E-state index in [4.69, 9.17) is 0 Å². The number of hydrogen-bond donors (Lipinski definition) is 0. The molecule has 3 rings (SSSR count). The van der Waals surface area contributed by atoms with Crippen LogP contribution in [0.1, 0.15) is 6.42 Å². The molecular formula is C15H14FNO. The average molecular weight is 243 g/mol. The van der Waals surface area contributed by atoms with Gasteiger partial charge in [0.05, 0.1) is 0 Å². The molecule has 2 aromatic carbocycles. The van der Waals surface area contributed by atoms with Crippen molar-refractivity contribution in [2.75, 3.05) is 18.0 Å². The molecule has 18 heavy (non-hydrogen) atoms. The van der Waals surface area contributed by atoms with Crippen molar-refractivity contribution in [3.05, 3.63) is 42.2 Å². The number of carbonyl (C=O) groups is 1. The van der Waals surface area contributed by atoms with Crippen LogP contribution in [0.3, 0.4) is 0 Å². The van der Waals surface area contributed by atoms with Crippen molar-refractivity contribution in [1.29, 1.82) is 0 Å². The summed E-state index contributed by atoms with van der Waals surface area (Å²) in [6, 6.07) is 10.8. The summed E-state index contributed by atoms with van der Waals surface area (Å²) in [6.45, 7) is 1.70.